The molecule has 4 nitrogen and oxygen atoms in total. The van der Waals surface area contributed by atoms with Gasteiger partial charge >= 0.3 is 4.87 Å². The highest BCUT2D eigenvalue weighted by molar-refractivity contribution is 7.80. The summed E-state index contributed by atoms with van der Waals surface area (Å²) in [5.41, 5.74) is 8.22. The van der Waals surface area contributed by atoms with Crippen LogP contribution in [0.4, 0.5) is 0 Å². The van der Waals surface area contributed by atoms with Crippen LogP contribution in [0.3, 0.4) is 0 Å². The maximum atomic E-state index is 11.8. The zero-order chi connectivity index (χ0) is 14.0. The zero-order valence-corrected chi connectivity index (χ0v) is 12.3. The molecule has 0 aliphatic carbocycles. The van der Waals surface area contributed by atoms with E-state index in [1.54, 1.807) is 11.7 Å². The van der Waals surface area contributed by atoms with Gasteiger partial charge in [-0.05, 0) is 25.1 Å². The maximum Gasteiger partial charge on any atom is 0.307 e. The van der Waals surface area contributed by atoms with Gasteiger partial charge in [-0.3, -0.25) is 9.36 Å². The van der Waals surface area contributed by atoms with Crippen molar-refractivity contribution in [2.45, 2.75) is 13.5 Å². The molecule has 0 aliphatic rings. The SMILES string of the molecule is COc1ccc(C(N)=S)cc1Cn1c(C)csc1=O. The van der Waals surface area contributed by atoms with Gasteiger partial charge in [0.25, 0.3) is 0 Å². The fourth-order valence-electron chi connectivity index (χ4n) is 1.82. The van der Waals surface area contributed by atoms with Crippen molar-refractivity contribution in [1.29, 1.82) is 0 Å². The summed E-state index contributed by atoms with van der Waals surface area (Å²) in [6, 6.07) is 5.50. The first-order valence-corrected chi connectivity index (χ1v) is 6.93. The molecule has 100 valence electrons. The molecule has 19 heavy (non-hydrogen) atoms. The van der Waals surface area contributed by atoms with Gasteiger partial charge in [0.1, 0.15) is 10.7 Å². The van der Waals surface area contributed by atoms with Gasteiger partial charge in [-0.25, -0.2) is 0 Å². The van der Waals surface area contributed by atoms with Gasteiger partial charge in [0.2, 0.25) is 0 Å². The van der Waals surface area contributed by atoms with Crippen LogP contribution in [-0.2, 0) is 6.54 Å². The highest BCUT2D eigenvalue weighted by Gasteiger charge is 2.10. The van der Waals surface area contributed by atoms with Crippen LogP contribution in [0.2, 0.25) is 0 Å². The van der Waals surface area contributed by atoms with E-state index in [0.717, 1.165) is 22.6 Å². The Kier molecular flexibility index (Phi) is 4.01. The lowest BCUT2D eigenvalue weighted by atomic mass is 10.1. The molecule has 6 heteroatoms. The van der Waals surface area contributed by atoms with Gasteiger partial charge in [-0.15, -0.1) is 0 Å². The van der Waals surface area contributed by atoms with Crippen LogP contribution in [0.25, 0.3) is 0 Å². The molecule has 0 unspecified atom stereocenters. The van der Waals surface area contributed by atoms with Crippen molar-refractivity contribution in [2.75, 3.05) is 7.11 Å². The zero-order valence-electron chi connectivity index (χ0n) is 10.7. The van der Waals surface area contributed by atoms with E-state index in [-0.39, 0.29) is 4.87 Å². The van der Waals surface area contributed by atoms with Crippen LogP contribution in [0, 0.1) is 6.92 Å². The number of aromatic nitrogens is 1. The molecule has 2 rings (SSSR count). The average molecular weight is 294 g/mol. The van der Waals surface area contributed by atoms with Crippen LogP contribution in [0.15, 0.2) is 28.4 Å². The summed E-state index contributed by atoms with van der Waals surface area (Å²) in [5.74, 6) is 0.720. The molecule has 0 saturated carbocycles. The number of hydrogen-bond acceptors (Lipinski definition) is 4. The summed E-state index contributed by atoms with van der Waals surface area (Å²) >= 11 is 6.16. The number of methoxy groups -OCH3 is 1. The number of hydrogen-bond donors (Lipinski definition) is 1. The summed E-state index contributed by atoms with van der Waals surface area (Å²) in [7, 11) is 1.60. The minimum atomic E-state index is 0.0141. The molecule has 1 aromatic heterocycles. The number of thiazole rings is 1. The number of rotatable bonds is 4. The molecule has 0 aliphatic heterocycles. The van der Waals surface area contributed by atoms with E-state index in [1.807, 2.05) is 30.5 Å². The van der Waals surface area contributed by atoms with E-state index in [9.17, 15) is 4.79 Å². The van der Waals surface area contributed by atoms with Gasteiger partial charge in [-0.1, -0.05) is 23.6 Å². The Hall–Kier alpha value is -1.66. The molecule has 1 heterocycles. The second-order valence-corrected chi connectivity index (χ2v) is 5.38. The molecular weight excluding hydrogens is 280 g/mol. The Morgan fingerprint density at radius 2 is 2.26 bits per heavy atom. The van der Waals surface area contributed by atoms with Gasteiger partial charge in [-0.2, -0.15) is 0 Å². The molecule has 0 spiro atoms. The van der Waals surface area contributed by atoms with Crippen molar-refractivity contribution in [3.63, 3.8) is 0 Å². The summed E-state index contributed by atoms with van der Waals surface area (Å²) in [6.07, 6.45) is 0. The second-order valence-electron chi connectivity index (χ2n) is 4.12. The van der Waals surface area contributed by atoms with Crippen LogP contribution in [0.1, 0.15) is 16.8 Å². The largest absolute Gasteiger partial charge is 0.496 e. The summed E-state index contributed by atoms with van der Waals surface area (Å²) < 4.78 is 7.01. The van der Waals surface area contributed by atoms with E-state index in [1.165, 1.54) is 11.3 Å². The van der Waals surface area contributed by atoms with Gasteiger partial charge in [0.05, 0.1) is 13.7 Å². The number of nitrogens with zero attached hydrogens (tertiary/aromatic N) is 1. The quantitative estimate of drug-likeness (QED) is 0.875. The smallest absolute Gasteiger partial charge is 0.307 e. The van der Waals surface area contributed by atoms with Crippen molar-refractivity contribution < 1.29 is 4.74 Å². The van der Waals surface area contributed by atoms with Crippen molar-refractivity contribution >= 4 is 28.5 Å². The average Bonchev–Trinajstić information content (AvgIpc) is 2.70. The maximum absolute atomic E-state index is 11.8. The highest BCUT2D eigenvalue weighted by Crippen LogP contribution is 2.21. The van der Waals surface area contributed by atoms with E-state index >= 15 is 0 Å². The summed E-state index contributed by atoms with van der Waals surface area (Å²) in [5, 5.41) is 1.84. The van der Waals surface area contributed by atoms with E-state index in [4.69, 9.17) is 22.7 Å². The predicted octanol–water partition coefficient (Wildman–Crippen LogP) is 1.91. The molecule has 0 amide bonds. The minimum absolute atomic E-state index is 0.0141. The Morgan fingerprint density at radius 3 is 2.79 bits per heavy atom. The lowest BCUT2D eigenvalue weighted by molar-refractivity contribution is 0.408. The van der Waals surface area contributed by atoms with Crippen LogP contribution >= 0.6 is 23.6 Å². The monoisotopic (exact) mass is 294 g/mol. The number of ether oxygens (including phenoxy) is 1. The lowest BCUT2D eigenvalue weighted by Gasteiger charge is -2.11. The Bertz CT molecular complexity index is 674. The first kappa shape index (κ1) is 13.8. The van der Waals surface area contributed by atoms with E-state index in [2.05, 4.69) is 0 Å². The number of thiocarbonyl (C=S) groups is 1. The fraction of sp³-hybridized carbons (Fsp3) is 0.231. The molecule has 2 N–H and O–H groups in total. The third-order valence-corrected chi connectivity index (χ3v) is 3.99. The Balaban J connectivity index is 2.46. The lowest BCUT2D eigenvalue weighted by Crippen LogP contribution is -2.17. The molecule has 0 atom stereocenters. The molecular formula is C13H14N2O2S2. The number of aryl methyl sites for hydroxylation is 1. The van der Waals surface area contributed by atoms with E-state index < -0.39 is 0 Å². The number of benzene rings is 1. The van der Waals surface area contributed by atoms with Gasteiger partial charge < -0.3 is 10.5 Å². The number of nitrogens with two attached hydrogens (primary N) is 1. The van der Waals surface area contributed by atoms with Crippen LogP contribution in [0.5, 0.6) is 5.75 Å². The van der Waals surface area contributed by atoms with Crippen molar-refractivity contribution in [3.8, 4) is 5.75 Å². The normalized spacial score (nSPS) is 10.4. The predicted molar refractivity (Wildman–Crippen MR) is 81.3 cm³/mol. The molecule has 1 aromatic carbocycles. The van der Waals surface area contributed by atoms with Crippen LogP contribution < -0.4 is 15.3 Å². The Morgan fingerprint density at radius 1 is 1.53 bits per heavy atom. The second kappa shape index (κ2) is 5.54. The van der Waals surface area contributed by atoms with Crippen molar-refractivity contribution in [3.05, 3.63) is 50.1 Å². The third kappa shape index (κ3) is 2.85. The van der Waals surface area contributed by atoms with Gasteiger partial charge in [0.15, 0.2) is 0 Å². The fourth-order valence-corrected chi connectivity index (χ4v) is 2.68. The van der Waals surface area contributed by atoms with Crippen molar-refractivity contribution in [2.24, 2.45) is 5.73 Å². The van der Waals surface area contributed by atoms with E-state index in [0.29, 0.717) is 11.5 Å². The Labute approximate surface area is 120 Å². The first-order valence-electron chi connectivity index (χ1n) is 5.64. The van der Waals surface area contributed by atoms with Gasteiger partial charge in [0, 0.05) is 22.2 Å². The molecule has 2 aromatic rings. The molecule has 0 saturated heterocycles. The first-order chi connectivity index (χ1) is 9.02. The molecule has 0 radical (unpaired) electrons. The minimum Gasteiger partial charge on any atom is -0.496 e. The standard InChI is InChI=1S/C13H14N2O2S2/c1-8-7-19-13(16)15(8)6-10-5-9(12(14)18)3-4-11(10)17-2/h3-5,7H,6H2,1-2H3,(H2,14,18). The topological polar surface area (TPSA) is 57.2 Å². The molecule has 0 fully saturated rings. The van der Waals surface area contributed by atoms with Crippen molar-refractivity contribution in [1.82, 2.24) is 4.57 Å². The molecule has 0 bridgehead atoms. The highest BCUT2D eigenvalue weighted by atomic mass is 32.1. The summed E-state index contributed by atoms with van der Waals surface area (Å²) in [4.78, 5) is 12.1. The van der Waals surface area contributed by atoms with Crippen LogP contribution in [-0.4, -0.2) is 16.7 Å². The summed E-state index contributed by atoms with van der Waals surface area (Å²) in [6.45, 7) is 2.36. The third-order valence-electron chi connectivity index (χ3n) is 2.87.